The average Bonchev–Trinajstić information content (AvgIpc) is 2.53. The lowest BCUT2D eigenvalue weighted by molar-refractivity contribution is 0.166. The van der Waals surface area contributed by atoms with Gasteiger partial charge < -0.3 is 15.4 Å². The van der Waals surface area contributed by atoms with Gasteiger partial charge in [0.2, 0.25) is 3.79 Å². The van der Waals surface area contributed by atoms with Crippen molar-refractivity contribution in [1.82, 2.24) is 10.6 Å². The van der Waals surface area contributed by atoms with Crippen LogP contribution in [0.3, 0.4) is 0 Å². The number of hydrogen-bond donors (Lipinski definition) is 3. The minimum Gasteiger partial charge on any atom is -0.453 e. The zero-order valence-electron chi connectivity index (χ0n) is 12.5. The molecule has 2 aromatic carbocycles. The quantitative estimate of drug-likeness (QED) is 0.405. The van der Waals surface area contributed by atoms with Crippen molar-refractivity contribution in [2.75, 3.05) is 12.4 Å². The number of thiocarbonyl (C=S) groups is 1. The van der Waals surface area contributed by atoms with Crippen LogP contribution in [0.4, 0.5) is 10.5 Å². The molecule has 2 rings (SSSR count). The predicted molar refractivity (Wildman–Crippen MR) is 103 cm³/mol. The van der Waals surface area contributed by atoms with Gasteiger partial charge in [0, 0.05) is 11.1 Å². The molecule has 0 bridgehead atoms. The lowest BCUT2D eigenvalue weighted by Gasteiger charge is -2.27. The molecular formula is C15H14Cl3N3O2S. The molecule has 2 aromatic rings. The fourth-order valence-corrected chi connectivity index (χ4v) is 2.56. The molecule has 0 aliphatic heterocycles. The van der Waals surface area contributed by atoms with E-state index in [0.717, 1.165) is 16.5 Å². The summed E-state index contributed by atoms with van der Waals surface area (Å²) in [4.78, 5) is 11.4. The Morgan fingerprint density at radius 3 is 2.46 bits per heavy atom. The Morgan fingerprint density at radius 2 is 1.79 bits per heavy atom. The number of benzene rings is 2. The van der Waals surface area contributed by atoms with Gasteiger partial charge in [-0.25, -0.2) is 4.79 Å². The van der Waals surface area contributed by atoms with Crippen molar-refractivity contribution in [2.45, 2.75) is 9.96 Å². The van der Waals surface area contributed by atoms with Crippen LogP contribution in [0.15, 0.2) is 42.5 Å². The molecule has 0 aromatic heterocycles. The van der Waals surface area contributed by atoms with Gasteiger partial charge in [-0.1, -0.05) is 71.2 Å². The van der Waals surface area contributed by atoms with Gasteiger partial charge in [0.15, 0.2) is 11.3 Å². The summed E-state index contributed by atoms with van der Waals surface area (Å²) >= 11 is 22.8. The van der Waals surface area contributed by atoms with E-state index in [0.29, 0.717) is 0 Å². The van der Waals surface area contributed by atoms with Gasteiger partial charge in [-0.15, -0.1) is 0 Å². The van der Waals surface area contributed by atoms with Crippen LogP contribution in [-0.4, -0.2) is 28.3 Å². The topological polar surface area (TPSA) is 62.4 Å². The lowest BCUT2D eigenvalue weighted by Crippen LogP contribution is -2.56. The number of alkyl carbamates (subject to hydrolysis) is 1. The van der Waals surface area contributed by atoms with E-state index in [2.05, 4.69) is 20.7 Å². The Labute approximate surface area is 159 Å². The Kier molecular flexibility index (Phi) is 6.34. The highest BCUT2D eigenvalue weighted by molar-refractivity contribution is 7.80. The fourth-order valence-electron chi connectivity index (χ4n) is 2.00. The first-order valence-corrected chi connectivity index (χ1v) is 8.32. The molecule has 9 heteroatoms. The maximum atomic E-state index is 11.4. The van der Waals surface area contributed by atoms with Gasteiger partial charge >= 0.3 is 6.09 Å². The summed E-state index contributed by atoms with van der Waals surface area (Å²) in [6, 6.07) is 13.6. The normalized spacial score (nSPS) is 12.3. The van der Waals surface area contributed by atoms with E-state index in [1.807, 2.05) is 42.5 Å². The summed E-state index contributed by atoms with van der Waals surface area (Å²) in [6.07, 6.45) is -1.84. The Hall–Kier alpha value is -1.47. The first-order chi connectivity index (χ1) is 11.3. The molecule has 0 saturated heterocycles. The number of carbonyl (C=O) groups is 1. The summed E-state index contributed by atoms with van der Waals surface area (Å²) in [5, 5.41) is 10.4. The molecular weight excluding hydrogens is 393 g/mol. The van der Waals surface area contributed by atoms with Crippen molar-refractivity contribution in [2.24, 2.45) is 0 Å². The zero-order valence-corrected chi connectivity index (χ0v) is 15.6. The fraction of sp³-hybridized carbons (Fsp3) is 0.200. The van der Waals surface area contributed by atoms with E-state index >= 15 is 0 Å². The number of carbonyl (C=O) groups excluding carboxylic acids is 1. The minimum atomic E-state index is -1.83. The van der Waals surface area contributed by atoms with Crippen LogP contribution in [0.5, 0.6) is 0 Å². The Bertz CT molecular complexity index is 747. The highest BCUT2D eigenvalue weighted by atomic mass is 35.6. The van der Waals surface area contributed by atoms with Gasteiger partial charge in [0.05, 0.1) is 7.11 Å². The van der Waals surface area contributed by atoms with Crippen LogP contribution in [0.1, 0.15) is 0 Å². The Balaban J connectivity index is 2.14. The maximum absolute atomic E-state index is 11.4. The first kappa shape index (κ1) is 18.9. The third kappa shape index (κ3) is 5.01. The molecule has 0 fully saturated rings. The summed E-state index contributed by atoms with van der Waals surface area (Å²) in [6.45, 7) is 0. The molecule has 0 radical (unpaired) electrons. The molecule has 0 aliphatic rings. The number of rotatable bonds is 3. The molecule has 1 atom stereocenters. The van der Waals surface area contributed by atoms with E-state index in [4.69, 9.17) is 47.0 Å². The minimum absolute atomic E-state index is 0.180. The van der Waals surface area contributed by atoms with Gasteiger partial charge in [0.25, 0.3) is 0 Å². The van der Waals surface area contributed by atoms with Crippen molar-refractivity contribution in [3.8, 4) is 0 Å². The van der Waals surface area contributed by atoms with Crippen LogP contribution in [-0.2, 0) is 4.74 Å². The maximum Gasteiger partial charge on any atom is 0.408 e. The van der Waals surface area contributed by atoms with Gasteiger partial charge in [-0.3, -0.25) is 5.32 Å². The molecule has 3 N–H and O–H groups in total. The third-order valence-corrected chi connectivity index (χ3v) is 3.96. The highest BCUT2D eigenvalue weighted by Gasteiger charge is 2.35. The number of anilines is 1. The molecule has 0 spiro atoms. The third-order valence-electron chi connectivity index (χ3n) is 3.09. The highest BCUT2D eigenvalue weighted by Crippen LogP contribution is 2.29. The summed E-state index contributed by atoms with van der Waals surface area (Å²) in [5.74, 6) is 0. The number of ether oxygens (including phenoxy) is 1. The predicted octanol–water partition coefficient (Wildman–Crippen LogP) is 4.18. The van der Waals surface area contributed by atoms with E-state index in [1.165, 1.54) is 7.11 Å². The van der Waals surface area contributed by atoms with Gasteiger partial charge in [-0.2, -0.15) is 0 Å². The smallest absolute Gasteiger partial charge is 0.408 e. The van der Waals surface area contributed by atoms with Crippen molar-refractivity contribution in [3.05, 3.63) is 42.5 Å². The number of fused-ring (bicyclic) bond motifs is 1. The summed E-state index contributed by atoms with van der Waals surface area (Å²) in [7, 11) is 1.21. The summed E-state index contributed by atoms with van der Waals surface area (Å²) in [5.41, 5.74) is 0.784. The van der Waals surface area contributed by atoms with Crippen LogP contribution in [0, 0.1) is 0 Å². The molecule has 1 unspecified atom stereocenters. The van der Waals surface area contributed by atoms with Gasteiger partial charge in [0.1, 0.15) is 0 Å². The number of amides is 1. The van der Waals surface area contributed by atoms with E-state index in [1.54, 1.807) is 0 Å². The Morgan fingerprint density at radius 1 is 1.12 bits per heavy atom. The molecule has 0 heterocycles. The van der Waals surface area contributed by atoms with Crippen LogP contribution in [0.25, 0.3) is 10.8 Å². The van der Waals surface area contributed by atoms with Crippen molar-refractivity contribution in [3.63, 3.8) is 0 Å². The number of hydrogen-bond acceptors (Lipinski definition) is 3. The van der Waals surface area contributed by atoms with E-state index < -0.39 is 16.1 Å². The first-order valence-electron chi connectivity index (χ1n) is 6.77. The largest absolute Gasteiger partial charge is 0.453 e. The number of methoxy groups -OCH3 is 1. The second kappa shape index (κ2) is 8.07. The van der Waals surface area contributed by atoms with Crippen LogP contribution < -0.4 is 16.0 Å². The molecule has 24 heavy (non-hydrogen) atoms. The van der Waals surface area contributed by atoms with Crippen molar-refractivity contribution < 1.29 is 9.53 Å². The average molecular weight is 407 g/mol. The van der Waals surface area contributed by atoms with Crippen molar-refractivity contribution >= 4 is 74.7 Å². The number of nitrogens with one attached hydrogen (secondary N) is 3. The molecule has 0 aliphatic carbocycles. The van der Waals surface area contributed by atoms with E-state index in [-0.39, 0.29) is 5.11 Å². The SMILES string of the molecule is COC(=O)NC(NC(=S)Nc1cccc2ccccc12)C(Cl)(Cl)Cl. The standard InChI is InChI=1S/C15H14Cl3N3O2S/c1-23-14(22)21-12(15(16,17)18)20-13(24)19-11-8-4-6-9-5-2-3-7-10(9)11/h2-8,12H,1H3,(H,21,22)(H2,19,20,24). The number of alkyl halides is 3. The zero-order chi connectivity index (χ0) is 17.7. The van der Waals surface area contributed by atoms with E-state index in [9.17, 15) is 4.79 Å². The number of halogens is 3. The van der Waals surface area contributed by atoms with Gasteiger partial charge in [-0.05, 0) is 23.7 Å². The lowest BCUT2D eigenvalue weighted by atomic mass is 10.1. The van der Waals surface area contributed by atoms with Crippen LogP contribution >= 0.6 is 47.0 Å². The second-order valence-electron chi connectivity index (χ2n) is 4.74. The molecule has 128 valence electrons. The molecule has 1 amide bonds. The summed E-state index contributed by atoms with van der Waals surface area (Å²) < 4.78 is 2.67. The molecule has 5 nitrogen and oxygen atoms in total. The second-order valence-corrected chi connectivity index (χ2v) is 7.51. The monoisotopic (exact) mass is 405 g/mol. The van der Waals surface area contributed by atoms with Crippen molar-refractivity contribution in [1.29, 1.82) is 0 Å². The molecule has 0 saturated carbocycles. The van der Waals surface area contributed by atoms with Crippen LogP contribution in [0.2, 0.25) is 0 Å².